The predicted octanol–water partition coefficient (Wildman–Crippen LogP) is -0.0749. The molecule has 0 aliphatic heterocycles. The lowest BCUT2D eigenvalue weighted by Gasteiger charge is -2.29. The highest BCUT2D eigenvalue weighted by Crippen LogP contribution is 2.08. The maximum atomic E-state index is 9.17. The molecule has 0 aliphatic rings. The van der Waals surface area contributed by atoms with E-state index >= 15 is 0 Å². The first-order valence-electron chi connectivity index (χ1n) is 5.05. The van der Waals surface area contributed by atoms with Gasteiger partial charge in [0.15, 0.2) is 0 Å². The third-order valence-corrected chi connectivity index (χ3v) is 2.67. The lowest BCUT2D eigenvalue weighted by atomic mass is 9.99. The van der Waals surface area contributed by atoms with Crippen LogP contribution in [0, 0.1) is 0 Å². The molecule has 4 heteroatoms. The van der Waals surface area contributed by atoms with Gasteiger partial charge in [-0.2, -0.15) is 0 Å². The van der Waals surface area contributed by atoms with Crippen LogP contribution in [0.5, 0.6) is 0 Å². The summed E-state index contributed by atoms with van der Waals surface area (Å²) < 4.78 is 4.99. The fourth-order valence-corrected chi connectivity index (χ4v) is 1.08. The highest BCUT2D eigenvalue weighted by Gasteiger charge is 2.20. The van der Waals surface area contributed by atoms with E-state index in [0.29, 0.717) is 0 Å². The second kappa shape index (κ2) is 7.17. The minimum atomic E-state index is -0.165. The van der Waals surface area contributed by atoms with Crippen LogP contribution in [0.15, 0.2) is 0 Å². The average Bonchev–Trinajstić information content (AvgIpc) is 2.23. The molecule has 1 atom stereocenters. The molecule has 0 radical (unpaired) electrons. The molecule has 0 heterocycles. The summed E-state index contributed by atoms with van der Waals surface area (Å²) in [5.74, 6) is 0. The molecule has 0 amide bonds. The van der Waals surface area contributed by atoms with E-state index < -0.39 is 0 Å². The first kappa shape index (κ1) is 13.8. The van der Waals surface area contributed by atoms with E-state index in [0.717, 1.165) is 26.1 Å². The summed E-state index contributed by atoms with van der Waals surface area (Å²) in [6.45, 7) is 4.84. The fraction of sp³-hybridized carbons (Fsp3) is 1.00. The summed E-state index contributed by atoms with van der Waals surface area (Å²) in [6.07, 6.45) is 0.931. The highest BCUT2D eigenvalue weighted by molar-refractivity contribution is 4.81. The molecule has 0 saturated heterocycles. The van der Waals surface area contributed by atoms with Gasteiger partial charge in [-0.3, -0.25) is 0 Å². The number of likely N-dealkylation sites (N-methyl/N-ethyl adjacent to an activating group) is 2. The van der Waals surface area contributed by atoms with Crippen LogP contribution < -0.4 is 5.32 Å². The second-order valence-electron chi connectivity index (χ2n) is 4.01. The minimum Gasteiger partial charge on any atom is -0.394 e. The summed E-state index contributed by atoms with van der Waals surface area (Å²) in [5, 5.41) is 12.3. The molecule has 86 valence electrons. The van der Waals surface area contributed by atoms with Gasteiger partial charge in [0.2, 0.25) is 0 Å². The summed E-state index contributed by atoms with van der Waals surface area (Å²) >= 11 is 0. The van der Waals surface area contributed by atoms with Gasteiger partial charge in [0.05, 0.1) is 13.2 Å². The zero-order valence-electron chi connectivity index (χ0n) is 9.84. The summed E-state index contributed by atoms with van der Waals surface area (Å²) in [4.78, 5) is 2.20. The monoisotopic (exact) mass is 204 g/mol. The Morgan fingerprint density at radius 2 is 2.07 bits per heavy atom. The zero-order chi connectivity index (χ0) is 11.0. The second-order valence-corrected chi connectivity index (χ2v) is 4.01. The number of hydrogen-bond donors (Lipinski definition) is 2. The van der Waals surface area contributed by atoms with Crippen molar-refractivity contribution < 1.29 is 9.84 Å². The Balaban J connectivity index is 3.68. The van der Waals surface area contributed by atoms with Crippen molar-refractivity contribution in [3.8, 4) is 0 Å². The maximum absolute atomic E-state index is 9.17. The van der Waals surface area contributed by atoms with Crippen molar-refractivity contribution in [3.63, 3.8) is 0 Å². The minimum absolute atomic E-state index is 0.165. The molecule has 1 unspecified atom stereocenters. The van der Waals surface area contributed by atoms with Gasteiger partial charge in [-0.05, 0) is 34.0 Å². The molecule has 0 aromatic carbocycles. The molecule has 0 bridgehead atoms. The van der Waals surface area contributed by atoms with Gasteiger partial charge in [-0.1, -0.05) is 0 Å². The number of methoxy groups -OCH3 is 1. The van der Waals surface area contributed by atoms with Crippen LogP contribution >= 0.6 is 0 Å². The molecular weight excluding hydrogens is 180 g/mol. The number of aliphatic hydroxyl groups is 1. The van der Waals surface area contributed by atoms with Gasteiger partial charge in [-0.15, -0.1) is 0 Å². The fourth-order valence-electron chi connectivity index (χ4n) is 1.08. The molecule has 0 aromatic heterocycles. The van der Waals surface area contributed by atoms with Crippen molar-refractivity contribution in [2.75, 3.05) is 47.5 Å². The Hall–Kier alpha value is -0.160. The highest BCUT2D eigenvalue weighted by atomic mass is 16.5. The number of nitrogens with one attached hydrogen (secondary N) is 1. The molecule has 0 saturated carbocycles. The van der Waals surface area contributed by atoms with Gasteiger partial charge < -0.3 is 20.1 Å². The molecule has 4 nitrogen and oxygen atoms in total. The largest absolute Gasteiger partial charge is 0.394 e. The van der Waals surface area contributed by atoms with Crippen molar-refractivity contribution in [1.82, 2.24) is 10.2 Å². The Bertz CT molecular complexity index is 138. The van der Waals surface area contributed by atoms with E-state index in [9.17, 15) is 0 Å². The van der Waals surface area contributed by atoms with E-state index in [1.807, 2.05) is 14.0 Å². The molecule has 0 aliphatic carbocycles. The normalized spacial score (nSPS) is 15.9. The molecule has 0 fully saturated rings. The molecule has 14 heavy (non-hydrogen) atoms. The van der Waals surface area contributed by atoms with Crippen LogP contribution in [0.1, 0.15) is 13.3 Å². The average molecular weight is 204 g/mol. The lowest BCUT2D eigenvalue weighted by molar-refractivity contribution is 0.136. The number of hydrogen-bond acceptors (Lipinski definition) is 4. The smallest absolute Gasteiger partial charge is 0.0610 e. The van der Waals surface area contributed by atoms with Gasteiger partial charge in [0.25, 0.3) is 0 Å². The first-order valence-corrected chi connectivity index (χ1v) is 5.05. The van der Waals surface area contributed by atoms with E-state index in [2.05, 4.69) is 17.3 Å². The van der Waals surface area contributed by atoms with Gasteiger partial charge in [-0.25, -0.2) is 0 Å². The standard InChI is InChI=1S/C10H24N2O2/c1-10(9-13,11-2)5-6-12(3)7-8-14-4/h11,13H,5-9H2,1-4H3. The topological polar surface area (TPSA) is 44.7 Å². The van der Waals surface area contributed by atoms with Crippen LogP contribution in [0.4, 0.5) is 0 Å². The molecule has 2 N–H and O–H groups in total. The van der Waals surface area contributed by atoms with Crippen molar-refractivity contribution in [2.45, 2.75) is 18.9 Å². The number of rotatable bonds is 8. The molecular formula is C10H24N2O2. The van der Waals surface area contributed by atoms with E-state index in [1.165, 1.54) is 0 Å². The van der Waals surface area contributed by atoms with E-state index in [4.69, 9.17) is 9.84 Å². The van der Waals surface area contributed by atoms with Crippen LogP contribution in [-0.2, 0) is 4.74 Å². The van der Waals surface area contributed by atoms with Crippen molar-refractivity contribution in [3.05, 3.63) is 0 Å². The first-order chi connectivity index (χ1) is 6.58. The quantitative estimate of drug-likeness (QED) is 0.581. The number of nitrogens with zero attached hydrogens (tertiary/aromatic N) is 1. The summed E-state index contributed by atoms with van der Waals surface area (Å²) in [7, 11) is 5.65. The number of aliphatic hydroxyl groups excluding tert-OH is 1. The Morgan fingerprint density at radius 1 is 1.43 bits per heavy atom. The van der Waals surface area contributed by atoms with Crippen LogP contribution in [-0.4, -0.2) is 63.1 Å². The van der Waals surface area contributed by atoms with Crippen molar-refractivity contribution in [2.24, 2.45) is 0 Å². The Labute approximate surface area is 87.2 Å². The Morgan fingerprint density at radius 3 is 2.50 bits per heavy atom. The Kier molecular flexibility index (Phi) is 7.09. The van der Waals surface area contributed by atoms with Gasteiger partial charge in [0, 0.05) is 19.2 Å². The van der Waals surface area contributed by atoms with Crippen LogP contribution in [0.2, 0.25) is 0 Å². The van der Waals surface area contributed by atoms with Crippen LogP contribution in [0.25, 0.3) is 0 Å². The van der Waals surface area contributed by atoms with Gasteiger partial charge in [0.1, 0.15) is 0 Å². The lowest BCUT2D eigenvalue weighted by Crippen LogP contribution is -2.45. The molecule has 0 aromatic rings. The van der Waals surface area contributed by atoms with Crippen molar-refractivity contribution >= 4 is 0 Å². The summed E-state index contributed by atoms with van der Waals surface area (Å²) in [6, 6.07) is 0. The zero-order valence-corrected chi connectivity index (χ0v) is 9.84. The van der Waals surface area contributed by atoms with Gasteiger partial charge >= 0.3 is 0 Å². The molecule has 0 rings (SSSR count). The van der Waals surface area contributed by atoms with Crippen LogP contribution in [0.3, 0.4) is 0 Å². The maximum Gasteiger partial charge on any atom is 0.0610 e. The van der Waals surface area contributed by atoms with Crippen molar-refractivity contribution in [1.29, 1.82) is 0 Å². The third kappa shape index (κ3) is 5.54. The SMILES string of the molecule is CNC(C)(CO)CCN(C)CCOC. The third-order valence-electron chi connectivity index (χ3n) is 2.67. The van der Waals surface area contributed by atoms with E-state index in [1.54, 1.807) is 7.11 Å². The predicted molar refractivity (Wildman–Crippen MR) is 58.5 cm³/mol. The summed E-state index contributed by atoms with van der Waals surface area (Å²) in [5.41, 5.74) is -0.165. The number of ether oxygens (including phenoxy) is 1. The van der Waals surface area contributed by atoms with E-state index in [-0.39, 0.29) is 12.1 Å². The molecule has 0 spiro atoms.